The van der Waals surface area contributed by atoms with Crippen LogP contribution in [-0.2, 0) is 14.3 Å². The Morgan fingerprint density at radius 3 is 2.79 bits per heavy atom. The largest absolute Gasteiger partial charge is 0.468 e. The Balaban J connectivity index is 2.51. The molecule has 1 N–H and O–H groups in total. The molecule has 0 aliphatic heterocycles. The second-order valence-electron chi connectivity index (χ2n) is 5.40. The highest BCUT2D eigenvalue weighted by molar-refractivity contribution is 5.81. The van der Waals surface area contributed by atoms with E-state index >= 15 is 0 Å². The van der Waals surface area contributed by atoms with Crippen LogP contribution < -0.4 is 5.32 Å². The normalized spacial score (nSPS) is 27.2. The molecular formula is C15H29NO3. The van der Waals surface area contributed by atoms with Crippen LogP contribution in [0.2, 0.25) is 0 Å². The van der Waals surface area contributed by atoms with Crippen molar-refractivity contribution in [3.63, 3.8) is 0 Å². The maximum Gasteiger partial charge on any atom is 0.326 e. The highest BCUT2D eigenvalue weighted by Crippen LogP contribution is 2.31. The Labute approximate surface area is 117 Å². The van der Waals surface area contributed by atoms with E-state index in [1.54, 1.807) is 0 Å². The molecule has 2 unspecified atom stereocenters. The molecule has 0 aromatic heterocycles. The van der Waals surface area contributed by atoms with Crippen molar-refractivity contribution in [1.82, 2.24) is 5.32 Å². The van der Waals surface area contributed by atoms with Gasteiger partial charge >= 0.3 is 5.97 Å². The van der Waals surface area contributed by atoms with Crippen molar-refractivity contribution >= 4 is 5.97 Å². The molecular weight excluding hydrogens is 242 g/mol. The van der Waals surface area contributed by atoms with Gasteiger partial charge in [-0.2, -0.15) is 0 Å². The summed E-state index contributed by atoms with van der Waals surface area (Å²) >= 11 is 0. The monoisotopic (exact) mass is 271 g/mol. The van der Waals surface area contributed by atoms with Crippen LogP contribution >= 0.6 is 0 Å². The molecule has 1 aliphatic rings. The van der Waals surface area contributed by atoms with Gasteiger partial charge in [0.15, 0.2) is 0 Å². The molecule has 0 aromatic rings. The zero-order valence-corrected chi connectivity index (χ0v) is 12.7. The second-order valence-corrected chi connectivity index (χ2v) is 5.40. The van der Waals surface area contributed by atoms with Crippen molar-refractivity contribution in [2.45, 2.75) is 70.4 Å². The fraction of sp³-hybridized carbons (Fsp3) is 0.933. The quantitative estimate of drug-likeness (QED) is 0.544. The molecule has 0 heterocycles. The number of ether oxygens (including phenoxy) is 2. The van der Waals surface area contributed by atoms with E-state index in [1.165, 1.54) is 20.0 Å². The number of methoxy groups -OCH3 is 1. The zero-order valence-electron chi connectivity index (χ0n) is 12.7. The van der Waals surface area contributed by atoms with Crippen molar-refractivity contribution < 1.29 is 14.3 Å². The van der Waals surface area contributed by atoms with E-state index in [0.717, 1.165) is 45.3 Å². The molecule has 1 aliphatic carbocycles. The maximum absolute atomic E-state index is 12.1. The lowest BCUT2D eigenvalue weighted by atomic mass is 9.80. The van der Waals surface area contributed by atoms with Crippen molar-refractivity contribution in [2.75, 3.05) is 20.3 Å². The summed E-state index contributed by atoms with van der Waals surface area (Å²) in [6.45, 7) is 5.80. The summed E-state index contributed by atoms with van der Waals surface area (Å²) in [5, 5.41) is 3.33. The van der Waals surface area contributed by atoms with Crippen molar-refractivity contribution in [3.8, 4) is 0 Å². The average Bonchev–Trinajstić information content (AvgIpc) is 2.43. The van der Waals surface area contributed by atoms with Gasteiger partial charge in [0.2, 0.25) is 0 Å². The van der Waals surface area contributed by atoms with Crippen LogP contribution in [-0.4, -0.2) is 37.9 Å². The van der Waals surface area contributed by atoms with Gasteiger partial charge in [0.05, 0.1) is 13.2 Å². The van der Waals surface area contributed by atoms with E-state index < -0.39 is 5.54 Å². The predicted octanol–water partition coefficient (Wildman–Crippen LogP) is 2.66. The van der Waals surface area contributed by atoms with Gasteiger partial charge in [-0.25, -0.2) is 0 Å². The van der Waals surface area contributed by atoms with Gasteiger partial charge in [0, 0.05) is 13.0 Å². The number of likely N-dealkylation sites (N-methyl/N-ethyl adjacent to an activating group) is 1. The number of carbonyl (C=O) groups is 1. The van der Waals surface area contributed by atoms with Gasteiger partial charge < -0.3 is 14.8 Å². The Morgan fingerprint density at radius 2 is 2.16 bits per heavy atom. The third kappa shape index (κ3) is 4.77. The van der Waals surface area contributed by atoms with E-state index in [1.807, 2.05) is 6.92 Å². The smallest absolute Gasteiger partial charge is 0.326 e. The summed E-state index contributed by atoms with van der Waals surface area (Å²) in [7, 11) is 1.47. The first-order chi connectivity index (χ1) is 9.18. The molecule has 4 nitrogen and oxygen atoms in total. The molecule has 19 heavy (non-hydrogen) atoms. The Kier molecular flexibility index (Phi) is 7.39. The summed E-state index contributed by atoms with van der Waals surface area (Å²) in [5.74, 6) is -0.142. The van der Waals surface area contributed by atoms with Crippen molar-refractivity contribution in [2.24, 2.45) is 0 Å². The first kappa shape index (κ1) is 16.4. The summed E-state index contributed by atoms with van der Waals surface area (Å²) in [6, 6.07) is 0. The van der Waals surface area contributed by atoms with Crippen LogP contribution in [0.5, 0.6) is 0 Å². The summed E-state index contributed by atoms with van der Waals surface area (Å²) in [5.41, 5.74) is -0.531. The Morgan fingerprint density at radius 1 is 1.37 bits per heavy atom. The SMILES string of the molecule is CCCCCOC1CCCC(NCC)(C(=O)OC)C1. The molecule has 0 radical (unpaired) electrons. The molecule has 2 atom stereocenters. The number of rotatable bonds is 8. The molecule has 4 heteroatoms. The lowest BCUT2D eigenvalue weighted by Gasteiger charge is -2.39. The van der Waals surface area contributed by atoms with E-state index in [4.69, 9.17) is 9.47 Å². The van der Waals surface area contributed by atoms with Crippen LogP contribution in [0.1, 0.15) is 58.8 Å². The van der Waals surface area contributed by atoms with Gasteiger partial charge in [-0.3, -0.25) is 4.79 Å². The molecule has 1 saturated carbocycles. The molecule has 0 aromatic carbocycles. The van der Waals surface area contributed by atoms with Crippen LogP contribution in [0.4, 0.5) is 0 Å². The van der Waals surface area contributed by atoms with E-state index in [-0.39, 0.29) is 12.1 Å². The van der Waals surface area contributed by atoms with Gasteiger partial charge in [-0.05, 0) is 32.2 Å². The molecule has 0 spiro atoms. The van der Waals surface area contributed by atoms with Crippen LogP contribution in [0.25, 0.3) is 0 Å². The molecule has 1 fully saturated rings. The maximum atomic E-state index is 12.1. The molecule has 1 rings (SSSR count). The number of hydrogen-bond donors (Lipinski definition) is 1. The first-order valence-electron chi connectivity index (χ1n) is 7.63. The summed E-state index contributed by atoms with van der Waals surface area (Å²) in [4.78, 5) is 12.1. The fourth-order valence-electron chi connectivity index (χ4n) is 2.92. The van der Waals surface area contributed by atoms with Crippen molar-refractivity contribution in [3.05, 3.63) is 0 Å². The standard InChI is InChI=1S/C15H29NO3/c1-4-6-7-11-19-13-9-8-10-15(12-13,16-5-2)14(17)18-3/h13,16H,4-12H2,1-3H3. The fourth-order valence-corrected chi connectivity index (χ4v) is 2.92. The number of unbranched alkanes of at least 4 members (excludes halogenated alkanes) is 2. The highest BCUT2D eigenvalue weighted by Gasteiger charge is 2.43. The third-order valence-electron chi connectivity index (χ3n) is 3.90. The molecule has 0 saturated heterocycles. The zero-order chi connectivity index (χ0) is 14.1. The number of esters is 1. The number of hydrogen-bond acceptors (Lipinski definition) is 4. The molecule has 0 amide bonds. The van der Waals surface area contributed by atoms with E-state index in [2.05, 4.69) is 12.2 Å². The predicted molar refractivity (Wildman–Crippen MR) is 76.2 cm³/mol. The molecule has 0 bridgehead atoms. The minimum Gasteiger partial charge on any atom is -0.468 e. The topological polar surface area (TPSA) is 47.6 Å². The Hall–Kier alpha value is -0.610. The number of carbonyl (C=O) groups excluding carboxylic acids is 1. The molecule has 112 valence electrons. The van der Waals surface area contributed by atoms with Gasteiger partial charge in [0.1, 0.15) is 5.54 Å². The highest BCUT2D eigenvalue weighted by atomic mass is 16.5. The Bertz CT molecular complexity index is 266. The van der Waals surface area contributed by atoms with Crippen molar-refractivity contribution in [1.29, 1.82) is 0 Å². The number of nitrogens with one attached hydrogen (secondary N) is 1. The van der Waals surface area contributed by atoms with Gasteiger partial charge in [-0.15, -0.1) is 0 Å². The minimum atomic E-state index is -0.531. The lowest BCUT2D eigenvalue weighted by molar-refractivity contribution is -0.153. The lowest BCUT2D eigenvalue weighted by Crippen LogP contribution is -2.56. The van der Waals surface area contributed by atoms with E-state index in [0.29, 0.717) is 0 Å². The third-order valence-corrected chi connectivity index (χ3v) is 3.90. The first-order valence-corrected chi connectivity index (χ1v) is 7.63. The second kappa shape index (κ2) is 8.54. The van der Waals surface area contributed by atoms with Crippen LogP contribution in [0.3, 0.4) is 0 Å². The average molecular weight is 271 g/mol. The summed E-state index contributed by atoms with van der Waals surface area (Å²) in [6.07, 6.45) is 7.36. The van der Waals surface area contributed by atoms with Gasteiger partial charge in [-0.1, -0.05) is 26.7 Å². The van der Waals surface area contributed by atoms with Crippen LogP contribution in [0, 0.1) is 0 Å². The van der Waals surface area contributed by atoms with Gasteiger partial charge in [0.25, 0.3) is 0 Å². The van der Waals surface area contributed by atoms with Crippen LogP contribution in [0.15, 0.2) is 0 Å². The minimum absolute atomic E-state index is 0.142. The van der Waals surface area contributed by atoms with E-state index in [9.17, 15) is 4.79 Å². The summed E-state index contributed by atoms with van der Waals surface area (Å²) < 4.78 is 10.9.